The van der Waals surface area contributed by atoms with Gasteiger partial charge in [-0.2, -0.15) is 0 Å². The Morgan fingerprint density at radius 3 is 2.42 bits per heavy atom. The normalized spacial score (nSPS) is 21.5. The van der Waals surface area contributed by atoms with Crippen molar-refractivity contribution < 1.29 is 0 Å². The SMILES string of the molecule is CCc1cc2c(cc1Cl)NC(=NCc1cnc(N3CCC(N(C)C)CC3)nc1)C1(CCN(C)CC1)N2. The van der Waals surface area contributed by atoms with Gasteiger partial charge in [0.1, 0.15) is 5.84 Å². The lowest BCUT2D eigenvalue weighted by molar-refractivity contribution is 0.240. The average molecular weight is 511 g/mol. The minimum absolute atomic E-state index is 0.198. The lowest BCUT2D eigenvalue weighted by atomic mass is 9.83. The van der Waals surface area contributed by atoms with Crippen LogP contribution in [0.15, 0.2) is 29.5 Å². The van der Waals surface area contributed by atoms with Crippen LogP contribution in [0.5, 0.6) is 0 Å². The van der Waals surface area contributed by atoms with E-state index >= 15 is 0 Å². The third-order valence-electron chi connectivity index (χ3n) is 8.08. The number of aliphatic imine (C=N–C) groups is 1. The number of hydrogen-bond acceptors (Lipinski definition) is 7. The Hall–Kier alpha value is -2.42. The number of fused-ring (bicyclic) bond motifs is 1. The molecule has 4 heterocycles. The maximum atomic E-state index is 6.54. The molecule has 0 saturated carbocycles. The summed E-state index contributed by atoms with van der Waals surface area (Å²) in [4.78, 5) is 21.5. The summed E-state index contributed by atoms with van der Waals surface area (Å²) in [5.41, 5.74) is 4.09. The summed E-state index contributed by atoms with van der Waals surface area (Å²) in [5.74, 6) is 1.81. The smallest absolute Gasteiger partial charge is 0.225 e. The van der Waals surface area contributed by atoms with Gasteiger partial charge in [0, 0.05) is 55.2 Å². The summed E-state index contributed by atoms with van der Waals surface area (Å²) in [6.07, 6.45) is 9.06. The molecule has 194 valence electrons. The monoisotopic (exact) mass is 510 g/mol. The highest BCUT2D eigenvalue weighted by molar-refractivity contribution is 6.32. The molecule has 2 saturated heterocycles. The van der Waals surface area contributed by atoms with Crippen LogP contribution in [0.3, 0.4) is 0 Å². The molecule has 2 aromatic rings. The minimum Gasteiger partial charge on any atom is -0.371 e. The van der Waals surface area contributed by atoms with Crippen molar-refractivity contribution in [2.75, 3.05) is 62.9 Å². The van der Waals surface area contributed by atoms with Crippen LogP contribution in [0, 0.1) is 0 Å². The number of likely N-dealkylation sites (tertiary alicyclic amines) is 1. The number of nitrogens with one attached hydrogen (secondary N) is 2. The molecule has 36 heavy (non-hydrogen) atoms. The summed E-state index contributed by atoms with van der Waals surface area (Å²) in [6, 6.07) is 4.86. The number of aryl methyl sites for hydroxylation is 1. The summed E-state index contributed by atoms with van der Waals surface area (Å²) >= 11 is 6.54. The van der Waals surface area contributed by atoms with Crippen LogP contribution >= 0.6 is 11.6 Å². The third kappa shape index (κ3) is 5.17. The van der Waals surface area contributed by atoms with Gasteiger partial charge < -0.3 is 25.3 Å². The fraction of sp³-hybridized carbons (Fsp3) is 0.593. The molecule has 0 bridgehead atoms. The molecule has 0 aliphatic carbocycles. The van der Waals surface area contributed by atoms with Gasteiger partial charge in [0.15, 0.2) is 0 Å². The van der Waals surface area contributed by atoms with Crippen molar-refractivity contribution >= 4 is 34.8 Å². The van der Waals surface area contributed by atoms with Crippen LogP contribution in [0.4, 0.5) is 17.3 Å². The standard InChI is InChI=1S/C27H39ClN8/c1-5-20-14-24-23(15-22(20)28)32-25(27(33-24)8-12-35(4)13-9-27)29-16-19-17-30-26(31-18-19)36-10-6-21(7-11-36)34(2)3/h14-15,17-18,21,33H,5-13,16H2,1-4H3,(H,29,32). The third-order valence-corrected chi connectivity index (χ3v) is 8.43. The molecule has 9 heteroatoms. The Labute approximate surface area is 220 Å². The summed E-state index contributed by atoms with van der Waals surface area (Å²) in [6.45, 7) is 6.73. The fourth-order valence-corrected chi connectivity index (χ4v) is 5.86. The molecule has 1 aromatic heterocycles. The van der Waals surface area contributed by atoms with Gasteiger partial charge in [-0.1, -0.05) is 18.5 Å². The molecule has 8 nitrogen and oxygen atoms in total. The van der Waals surface area contributed by atoms with E-state index < -0.39 is 0 Å². The number of rotatable bonds is 5. The van der Waals surface area contributed by atoms with Crippen molar-refractivity contribution in [1.82, 2.24) is 19.8 Å². The second-order valence-electron chi connectivity index (χ2n) is 10.7. The van der Waals surface area contributed by atoms with Crippen molar-refractivity contribution in [2.45, 2.75) is 57.2 Å². The van der Waals surface area contributed by atoms with Crippen LogP contribution in [0.25, 0.3) is 0 Å². The highest BCUT2D eigenvalue weighted by atomic mass is 35.5. The molecule has 0 atom stereocenters. The van der Waals surface area contributed by atoms with Crippen LogP contribution in [0.2, 0.25) is 5.02 Å². The molecule has 0 radical (unpaired) electrons. The van der Waals surface area contributed by atoms with Crippen molar-refractivity contribution in [3.05, 3.63) is 40.7 Å². The average Bonchev–Trinajstić information content (AvgIpc) is 2.89. The zero-order valence-corrected chi connectivity index (χ0v) is 22.8. The van der Waals surface area contributed by atoms with Crippen LogP contribution < -0.4 is 15.5 Å². The van der Waals surface area contributed by atoms with E-state index in [1.807, 2.05) is 18.5 Å². The first-order chi connectivity index (χ1) is 17.4. The van der Waals surface area contributed by atoms with Gasteiger partial charge in [0.25, 0.3) is 0 Å². The molecule has 5 rings (SSSR count). The van der Waals surface area contributed by atoms with E-state index in [1.165, 1.54) is 0 Å². The Bertz CT molecular complexity index is 1080. The van der Waals surface area contributed by atoms with Gasteiger partial charge in [0.05, 0.1) is 23.5 Å². The number of piperidine rings is 2. The molecule has 3 aliphatic rings. The van der Waals surface area contributed by atoms with Crippen molar-refractivity contribution in [2.24, 2.45) is 4.99 Å². The Morgan fingerprint density at radius 2 is 1.78 bits per heavy atom. The predicted octanol–water partition coefficient (Wildman–Crippen LogP) is 4.12. The molecule has 1 aromatic carbocycles. The highest BCUT2D eigenvalue weighted by Gasteiger charge is 2.42. The van der Waals surface area contributed by atoms with Gasteiger partial charge in [-0.05, 0) is 70.9 Å². The quantitative estimate of drug-likeness (QED) is 0.626. The van der Waals surface area contributed by atoms with Gasteiger partial charge in [-0.25, -0.2) is 9.97 Å². The van der Waals surface area contributed by atoms with Crippen LogP contribution in [0.1, 0.15) is 43.7 Å². The van der Waals surface area contributed by atoms with Gasteiger partial charge in [-0.3, -0.25) is 4.99 Å². The van der Waals surface area contributed by atoms with E-state index in [4.69, 9.17) is 16.6 Å². The number of hydrogen-bond donors (Lipinski definition) is 2. The summed E-state index contributed by atoms with van der Waals surface area (Å²) in [7, 11) is 6.51. The maximum absolute atomic E-state index is 6.54. The van der Waals surface area contributed by atoms with Gasteiger partial charge in [-0.15, -0.1) is 0 Å². The zero-order chi connectivity index (χ0) is 25.3. The first kappa shape index (κ1) is 25.2. The van der Waals surface area contributed by atoms with Gasteiger partial charge in [0.2, 0.25) is 5.95 Å². The topological polar surface area (TPSA) is 71.9 Å². The molecular weight excluding hydrogens is 472 g/mol. The predicted molar refractivity (Wildman–Crippen MR) is 150 cm³/mol. The van der Waals surface area contributed by atoms with E-state index in [2.05, 4.69) is 69.4 Å². The summed E-state index contributed by atoms with van der Waals surface area (Å²) in [5, 5.41) is 8.30. The number of anilines is 3. The number of aromatic nitrogens is 2. The molecule has 2 N–H and O–H groups in total. The van der Waals surface area contributed by atoms with Crippen molar-refractivity contribution in [3.8, 4) is 0 Å². The molecule has 1 spiro atoms. The highest BCUT2D eigenvalue weighted by Crippen LogP contribution is 2.39. The zero-order valence-electron chi connectivity index (χ0n) is 22.0. The number of nitrogens with zero attached hydrogens (tertiary/aromatic N) is 6. The molecule has 0 amide bonds. The van der Waals surface area contributed by atoms with Crippen molar-refractivity contribution in [1.29, 1.82) is 0 Å². The lowest BCUT2D eigenvalue weighted by Gasteiger charge is -2.46. The second-order valence-corrected chi connectivity index (χ2v) is 11.1. The van der Waals surface area contributed by atoms with Crippen LogP contribution in [-0.4, -0.2) is 84.5 Å². The Balaban J connectivity index is 1.33. The van der Waals surface area contributed by atoms with E-state index in [0.717, 1.165) is 97.6 Å². The summed E-state index contributed by atoms with van der Waals surface area (Å²) < 4.78 is 0. The van der Waals surface area contributed by atoms with E-state index in [0.29, 0.717) is 12.6 Å². The van der Waals surface area contributed by atoms with E-state index in [1.54, 1.807) is 0 Å². The first-order valence-corrected chi connectivity index (χ1v) is 13.6. The molecule has 2 fully saturated rings. The fourth-order valence-electron chi connectivity index (χ4n) is 5.56. The molecule has 0 unspecified atom stereocenters. The van der Waals surface area contributed by atoms with E-state index in [-0.39, 0.29) is 5.54 Å². The Kier molecular flexibility index (Phi) is 7.37. The maximum Gasteiger partial charge on any atom is 0.225 e. The lowest BCUT2D eigenvalue weighted by Crippen LogP contribution is -2.58. The molecular formula is C27H39ClN8. The first-order valence-electron chi connectivity index (χ1n) is 13.2. The van der Waals surface area contributed by atoms with Gasteiger partial charge >= 0.3 is 0 Å². The van der Waals surface area contributed by atoms with E-state index in [9.17, 15) is 0 Å². The number of halogens is 1. The largest absolute Gasteiger partial charge is 0.371 e. The van der Waals surface area contributed by atoms with Crippen molar-refractivity contribution in [3.63, 3.8) is 0 Å². The molecule has 3 aliphatic heterocycles. The second kappa shape index (κ2) is 10.5. The minimum atomic E-state index is -0.198. The van der Waals surface area contributed by atoms with Crippen LogP contribution in [-0.2, 0) is 13.0 Å². The number of benzene rings is 1. The Morgan fingerprint density at radius 1 is 1.08 bits per heavy atom. The number of amidine groups is 1.